The summed E-state index contributed by atoms with van der Waals surface area (Å²) in [6.07, 6.45) is 0.323. The molecule has 1 aliphatic heterocycles. The van der Waals surface area contributed by atoms with Crippen LogP contribution in [0, 0.1) is 5.92 Å². The minimum Gasteiger partial charge on any atom is -0.493 e. The molecule has 7 nitrogen and oxygen atoms in total. The van der Waals surface area contributed by atoms with E-state index >= 15 is 0 Å². The van der Waals surface area contributed by atoms with Crippen molar-refractivity contribution in [3.8, 4) is 22.9 Å². The third-order valence-corrected chi connectivity index (χ3v) is 5.07. The summed E-state index contributed by atoms with van der Waals surface area (Å²) in [6.45, 7) is 7.83. The molecule has 162 valence electrons. The predicted molar refractivity (Wildman–Crippen MR) is 117 cm³/mol. The van der Waals surface area contributed by atoms with Crippen LogP contribution in [0.1, 0.15) is 39.0 Å². The summed E-state index contributed by atoms with van der Waals surface area (Å²) in [6, 6.07) is 15.2. The van der Waals surface area contributed by atoms with Gasteiger partial charge < -0.3 is 18.9 Å². The average Bonchev–Trinajstić information content (AvgIpc) is 3.40. The van der Waals surface area contributed by atoms with Crippen molar-refractivity contribution in [3.05, 3.63) is 54.4 Å². The molecule has 1 aromatic heterocycles. The molecule has 0 aliphatic carbocycles. The molecule has 0 radical (unpaired) electrons. The molecule has 1 saturated heterocycles. The second-order valence-electron chi connectivity index (χ2n) is 7.99. The molecule has 0 bridgehead atoms. The number of amides is 1. The molecule has 1 atom stereocenters. The quantitative estimate of drug-likeness (QED) is 0.525. The van der Waals surface area contributed by atoms with Crippen LogP contribution in [0.2, 0.25) is 0 Å². The molecule has 31 heavy (non-hydrogen) atoms. The standard InChI is InChI=1S/C24H27N3O4/c1-4-29-21-8-6-5-7-20(21)27-14-18(13-22(27)28)24-25-23(26-31-24)17-9-11-19(12-10-17)30-15-16(2)3/h5-12,16,18H,4,13-15H2,1-3H3. The number of carbonyl (C=O) groups is 1. The zero-order valence-corrected chi connectivity index (χ0v) is 18.1. The van der Waals surface area contributed by atoms with Crippen molar-refractivity contribution in [2.45, 2.75) is 33.1 Å². The van der Waals surface area contributed by atoms with E-state index in [-0.39, 0.29) is 11.8 Å². The van der Waals surface area contributed by atoms with Gasteiger partial charge in [-0.05, 0) is 49.2 Å². The van der Waals surface area contributed by atoms with Crippen LogP contribution in [-0.2, 0) is 4.79 Å². The lowest BCUT2D eigenvalue weighted by Crippen LogP contribution is -2.25. The van der Waals surface area contributed by atoms with Crippen LogP contribution in [0.4, 0.5) is 5.69 Å². The highest BCUT2D eigenvalue weighted by Gasteiger charge is 2.36. The molecule has 4 rings (SSSR count). The van der Waals surface area contributed by atoms with Crippen LogP contribution in [0.5, 0.6) is 11.5 Å². The Balaban J connectivity index is 1.47. The van der Waals surface area contributed by atoms with E-state index in [1.165, 1.54) is 0 Å². The lowest BCUT2D eigenvalue weighted by Gasteiger charge is -2.19. The van der Waals surface area contributed by atoms with Gasteiger partial charge in [0.1, 0.15) is 11.5 Å². The Morgan fingerprint density at radius 1 is 1.13 bits per heavy atom. The lowest BCUT2D eigenvalue weighted by atomic mass is 10.1. The molecule has 2 aromatic carbocycles. The van der Waals surface area contributed by atoms with Crippen LogP contribution < -0.4 is 14.4 Å². The highest BCUT2D eigenvalue weighted by atomic mass is 16.5. The molecular weight excluding hydrogens is 394 g/mol. The SMILES string of the molecule is CCOc1ccccc1N1CC(c2nc(-c3ccc(OCC(C)C)cc3)no2)CC1=O. The monoisotopic (exact) mass is 421 g/mol. The van der Waals surface area contributed by atoms with Gasteiger partial charge in [-0.1, -0.05) is 31.1 Å². The van der Waals surface area contributed by atoms with Crippen molar-refractivity contribution in [1.82, 2.24) is 10.1 Å². The first-order valence-electron chi connectivity index (χ1n) is 10.6. The van der Waals surface area contributed by atoms with E-state index in [1.54, 1.807) is 4.90 Å². The van der Waals surface area contributed by atoms with Crippen molar-refractivity contribution >= 4 is 11.6 Å². The summed E-state index contributed by atoms with van der Waals surface area (Å²) < 4.78 is 16.9. The van der Waals surface area contributed by atoms with Crippen molar-refractivity contribution in [3.63, 3.8) is 0 Å². The van der Waals surface area contributed by atoms with Gasteiger partial charge in [-0.3, -0.25) is 4.79 Å². The highest BCUT2D eigenvalue weighted by molar-refractivity contribution is 5.97. The second kappa shape index (κ2) is 9.20. The fraction of sp³-hybridized carbons (Fsp3) is 0.375. The molecule has 2 heterocycles. The Morgan fingerprint density at radius 3 is 2.65 bits per heavy atom. The van der Waals surface area contributed by atoms with E-state index in [9.17, 15) is 4.79 Å². The van der Waals surface area contributed by atoms with E-state index in [0.717, 1.165) is 17.0 Å². The van der Waals surface area contributed by atoms with Crippen LogP contribution in [0.3, 0.4) is 0 Å². The minimum absolute atomic E-state index is 0.0172. The molecule has 1 aliphatic rings. The van der Waals surface area contributed by atoms with Crippen LogP contribution in [0.15, 0.2) is 53.1 Å². The van der Waals surface area contributed by atoms with E-state index < -0.39 is 0 Å². The van der Waals surface area contributed by atoms with Gasteiger partial charge in [0, 0.05) is 18.5 Å². The smallest absolute Gasteiger partial charge is 0.232 e. The van der Waals surface area contributed by atoms with Gasteiger partial charge in [0.05, 0.1) is 24.8 Å². The first-order chi connectivity index (χ1) is 15.0. The number of ether oxygens (including phenoxy) is 2. The summed E-state index contributed by atoms with van der Waals surface area (Å²) in [5.74, 6) is 2.82. The maximum Gasteiger partial charge on any atom is 0.232 e. The summed E-state index contributed by atoms with van der Waals surface area (Å²) >= 11 is 0. The molecule has 0 N–H and O–H groups in total. The van der Waals surface area contributed by atoms with Gasteiger partial charge >= 0.3 is 0 Å². The summed E-state index contributed by atoms with van der Waals surface area (Å²) in [5.41, 5.74) is 1.61. The number of hydrogen-bond acceptors (Lipinski definition) is 6. The topological polar surface area (TPSA) is 77.7 Å². The zero-order chi connectivity index (χ0) is 21.8. The third kappa shape index (κ3) is 4.71. The predicted octanol–water partition coefficient (Wildman–Crippen LogP) is 4.69. The number of rotatable bonds is 8. The van der Waals surface area contributed by atoms with Crippen molar-refractivity contribution < 1.29 is 18.8 Å². The number of para-hydroxylation sites is 2. The molecule has 3 aromatic rings. The Morgan fingerprint density at radius 2 is 1.90 bits per heavy atom. The van der Waals surface area contributed by atoms with E-state index in [0.29, 0.717) is 49.6 Å². The number of nitrogens with zero attached hydrogens (tertiary/aromatic N) is 3. The Hall–Kier alpha value is -3.35. The number of benzene rings is 2. The molecule has 1 amide bonds. The lowest BCUT2D eigenvalue weighted by molar-refractivity contribution is -0.117. The van der Waals surface area contributed by atoms with Crippen LogP contribution in [0.25, 0.3) is 11.4 Å². The van der Waals surface area contributed by atoms with Gasteiger partial charge in [-0.25, -0.2) is 0 Å². The van der Waals surface area contributed by atoms with Crippen molar-refractivity contribution in [1.29, 1.82) is 0 Å². The van der Waals surface area contributed by atoms with E-state index in [2.05, 4.69) is 24.0 Å². The van der Waals surface area contributed by atoms with Gasteiger partial charge in [-0.15, -0.1) is 0 Å². The Labute approximate surface area is 182 Å². The molecule has 1 fully saturated rings. The Bertz CT molecular complexity index is 1030. The highest BCUT2D eigenvalue weighted by Crippen LogP contribution is 2.36. The fourth-order valence-electron chi connectivity index (χ4n) is 3.54. The minimum atomic E-state index is -0.155. The number of anilines is 1. The van der Waals surface area contributed by atoms with Gasteiger partial charge in [0.25, 0.3) is 0 Å². The molecule has 0 saturated carbocycles. The van der Waals surface area contributed by atoms with E-state index in [1.807, 2.05) is 55.5 Å². The van der Waals surface area contributed by atoms with Crippen molar-refractivity contribution in [2.24, 2.45) is 5.92 Å². The van der Waals surface area contributed by atoms with Gasteiger partial charge in [-0.2, -0.15) is 4.98 Å². The fourth-order valence-corrected chi connectivity index (χ4v) is 3.54. The van der Waals surface area contributed by atoms with Crippen molar-refractivity contribution in [2.75, 3.05) is 24.7 Å². The molecular formula is C24H27N3O4. The number of aromatic nitrogens is 2. The molecule has 0 spiro atoms. The summed E-state index contributed by atoms with van der Waals surface area (Å²) in [5, 5.41) is 4.12. The largest absolute Gasteiger partial charge is 0.493 e. The van der Waals surface area contributed by atoms with Crippen LogP contribution in [-0.4, -0.2) is 35.8 Å². The first-order valence-corrected chi connectivity index (χ1v) is 10.6. The summed E-state index contributed by atoms with van der Waals surface area (Å²) in [4.78, 5) is 19.0. The van der Waals surface area contributed by atoms with E-state index in [4.69, 9.17) is 14.0 Å². The Kier molecular flexibility index (Phi) is 6.21. The normalized spacial score (nSPS) is 16.2. The average molecular weight is 421 g/mol. The summed E-state index contributed by atoms with van der Waals surface area (Å²) in [7, 11) is 0. The maximum atomic E-state index is 12.7. The van der Waals surface area contributed by atoms with Crippen LogP contribution >= 0.6 is 0 Å². The molecule has 7 heteroatoms. The first kappa shape index (κ1) is 20.9. The number of carbonyl (C=O) groups excluding carboxylic acids is 1. The molecule has 1 unspecified atom stereocenters. The van der Waals surface area contributed by atoms with Gasteiger partial charge in [0.2, 0.25) is 17.6 Å². The zero-order valence-electron chi connectivity index (χ0n) is 18.1. The maximum absolute atomic E-state index is 12.7. The third-order valence-electron chi connectivity index (χ3n) is 5.07. The number of hydrogen-bond donors (Lipinski definition) is 0. The van der Waals surface area contributed by atoms with Gasteiger partial charge in [0.15, 0.2) is 0 Å². The second-order valence-corrected chi connectivity index (χ2v) is 7.99.